The molecule has 28 heavy (non-hydrogen) atoms. The number of nitrogens with one attached hydrogen (secondary N) is 1. The fraction of sp³-hybridized carbons (Fsp3) is 0.150. The quantitative estimate of drug-likeness (QED) is 0.436. The van der Waals surface area contributed by atoms with E-state index in [1.165, 1.54) is 11.8 Å². The van der Waals surface area contributed by atoms with Crippen LogP contribution in [0, 0.1) is 11.3 Å². The van der Waals surface area contributed by atoms with Gasteiger partial charge in [0.15, 0.2) is 5.16 Å². The lowest BCUT2D eigenvalue weighted by Gasteiger charge is -2.13. The molecule has 0 fully saturated rings. The highest BCUT2D eigenvalue weighted by Crippen LogP contribution is 2.34. The first-order valence-electron chi connectivity index (χ1n) is 8.19. The minimum absolute atomic E-state index is 0.0536. The van der Waals surface area contributed by atoms with Crippen LogP contribution >= 0.6 is 27.7 Å². The summed E-state index contributed by atoms with van der Waals surface area (Å²) < 4.78 is 12.0. The summed E-state index contributed by atoms with van der Waals surface area (Å²) in [7, 11) is 1.61. The summed E-state index contributed by atoms with van der Waals surface area (Å²) >= 11 is 4.73. The maximum absolute atomic E-state index is 12.3. The number of nitrogens with zero attached hydrogens (tertiary/aromatic N) is 2. The van der Waals surface area contributed by atoms with Gasteiger partial charge >= 0.3 is 0 Å². The molecule has 0 atom stereocenters. The molecule has 0 radical (unpaired) electrons. The summed E-state index contributed by atoms with van der Waals surface area (Å²) in [6.07, 6.45) is 1.80. The fourth-order valence-corrected chi connectivity index (χ4v) is 3.32. The van der Waals surface area contributed by atoms with E-state index < -0.39 is 5.56 Å². The Hall–Kier alpha value is -2.76. The van der Waals surface area contributed by atoms with E-state index in [4.69, 9.17) is 9.47 Å². The molecular formula is C20H16BrN3O3S. The summed E-state index contributed by atoms with van der Waals surface area (Å²) in [5.41, 5.74) is 1.25. The number of hydrogen-bond acceptors (Lipinski definition) is 6. The fourth-order valence-electron chi connectivity index (χ4n) is 2.58. The Morgan fingerprint density at radius 1 is 1.29 bits per heavy atom. The number of nitriles is 1. The molecule has 0 saturated carbocycles. The number of methoxy groups -OCH3 is 1. The van der Waals surface area contributed by atoms with E-state index in [1.807, 2.05) is 36.4 Å². The third-order valence-corrected chi connectivity index (χ3v) is 5.00. The zero-order chi connectivity index (χ0) is 20.1. The van der Waals surface area contributed by atoms with Gasteiger partial charge in [-0.15, -0.1) is 0 Å². The number of thioether (sulfide) groups is 1. The maximum atomic E-state index is 12.3. The molecule has 3 aromatic rings. The molecule has 0 bridgehead atoms. The Bertz CT molecular complexity index is 1110. The van der Waals surface area contributed by atoms with Crippen LogP contribution in [-0.2, 0) is 6.61 Å². The predicted octanol–water partition coefficient (Wildman–Crippen LogP) is 4.38. The second-order valence-electron chi connectivity index (χ2n) is 5.69. The first-order valence-corrected chi connectivity index (χ1v) is 10.2. The van der Waals surface area contributed by atoms with Crippen molar-refractivity contribution in [3.63, 3.8) is 0 Å². The summed E-state index contributed by atoms with van der Waals surface area (Å²) in [5, 5.41) is 9.90. The van der Waals surface area contributed by atoms with Crippen LogP contribution in [0.4, 0.5) is 0 Å². The minimum Gasteiger partial charge on any atom is -0.497 e. The van der Waals surface area contributed by atoms with Crippen LogP contribution in [-0.4, -0.2) is 23.3 Å². The first kappa shape index (κ1) is 20.0. The molecule has 0 aliphatic carbocycles. The third kappa shape index (κ3) is 4.38. The Kier molecular flexibility index (Phi) is 6.39. The van der Waals surface area contributed by atoms with Crippen molar-refractivity contribution < 1.29 is 9.47 Å². The molecule has 0 amide bonds. The van der Waals surface area contributed by atoms with Crippen molar-refractivity contribution in [2.24, 2.45) is 0 Å². The van der Waals surface area contributed by atoms with Gasteiger partial charge in [-0.1, -0.05) is 39.8 Å². The van der Waals surface area contributed by atoms with Gasteiger partial charge in [0.25, 0.3) is 5.56 Å². The van der Waals surface area contributed by atoms with Crippen LogP contribution < -0.4 is 15.0 Å². The minimum atomic E-state index is -0.476. The number of benzene rings is 2. The van der Waals surface area contributed by atoms with E-state index in [9.17, 15) is 10.1 Å². The molecule has 0 aliphatic heterocycles. The van der Waals surface area contributed by atoms with Gasteiger partial charge in [-0.05, 0) is 42.2 Å². The van der Waals surface area contributed by atoms with Gasteiger partial charge < -0.3 is 14.5 Å². The largest absolute Gasteiger partial charge is 0.497 e. The Morgan fingerprint density at radius 3 is 2.82 bits per heavy atom. The zero-order valence-corrected chi connectivity index (χ0v) is 17.6. The molecule has 6 nitrogen and oxygen atoms in total. The molecule has 0 saturated heterocycles. The van der Waals surface area contributed by atoms with Gasteiger partial charge in [-0.3, -0.25) is 4.79 Å². The van der Waals surface area contributed by atoms with Crippen LogP contribution in [0.3, 0.4) is 0 Å². The van der Waals surface area contributed by atoms with Crippen molar-refractivity contribution in [1.82, 2.24) is 9.97 Å². The monoisotopic (exact) mass is 457 g/mol. The standard InChI is InChI=1S/C20H16BrN3O3S/c1-26-14-5-3-4-12(8-14)11-27-17-7-6-13(21)9-15(17)18-16(10-22)19(25)24-20(23-18)28-2/h3-9H,11H2,1-2H3,(H,23,24,25). The summed E-state index contributed by atoms with van der Waals surface area (Å²) in [6.45, 7) is 0.298. The van der Waals surface area contributed by atoms with E-state index in [0.29, 0.717) is 23.1 Å². The highest BCUT2D eigenvalue weighted by Gasteiger charge is 2.18. The van der Waals surface area contributed by atoms with Crippen LogP contribution in [0.25, 0.3) is 11.3 Å². The topological polar surface area (TPSA) is 88.0 Å². The van der Waals surface area contributed by atoms with E-state index >= 15 is 0 Å². The van der Waals surface area contributed by atoms with Gasteiger partial charge in [0.1, 0.15) is 35.4 Å². The normalized spacial score (nSPS) is 10.4. The third-order valence-electron chi connectivity index (χ3n) is 3.93. The number of hydrogen-bond donors (Lipinski definition) is 1. The molecule has 1 aromatic heterocycles. The summed E-state index contributed by atoms with van der Waals surface area (Å²) in [5.74, 6) is 1.26. The van der Waals surface area contributed by atoms with Crippen LogP contribution in [0.2, 0.25) is 0 Å². The molecule has 0 spiro atoms. The lowest BCUT2D eigenvalue weighted by atomic mass is 10.1. The molecule has 1 N–H and O–H groups in total. The van der Waals surface area contributed by atoms with Gasteiger partial charge in [-0.25, -0.2) is 4.98 Å². The van der Waals surface area contributed by atoms with Crippen molar-refractivity contribution in [2.45, 2.75) is 11.8 Å². The number of ether oxygens (including phenoxy) is 2. The number of H-pyrrole nitrogens is 1. The van der Waals surface area contributed by atoms with Crippen molar-refractivity contribution in [3.05, 3.63) is 68.4 Å². The van der Waals surface area contributed by atoms with E-state index in [1.54, 1.807) is 25.5 Å². The summed E-state index contributed by atoms with van der Waals surface area (Å²) in [4.78, 5) is 19.3. The molecule has 8 heteroatoms. The molecule has 0 unspecified atom stereocenters. The Labute approximate surface area is 174 Å². The van der Waals surface area contributed by atoms with Crippen LogP contribution in [0.15, 0.2) is 56.9 Å². The van der Waals surface area contributed by atoms with E-state index in [2.05, 4.69) is 25.9 Å². The highest BCUT2D eigenvalue weighted by molar-refractivity contribution is 9.10. The van der Waals surface area contributed by atoms with Crippen molar-refractivity contribution >= 4 is 27.7 Å². The van der Waals surface area contributed by atoms with Crippen LogP contribution in [0.1, 0.15) is 11.1 Å². The van der Waals surface area contributed by atoms with Crippen LogP contribution in [0.5, 0.6) is 11.5 Å². The molecule has 142 valence electrons. The van der Waals surface area contributed by atoms with Gasteiger partial charge in [0.2, 0.25) is 0 Å². The smallest absolute Gasteiger partial charge is 0.270 e. The number of aromatic amines is 1. The van der Waals surface area contributed by atoms with Gasteiger partial charge in [0.05, 0.1) is 7.11 Å². The average molecular weight is 458 g/mol. The maximum Gasteiger partial charge on any atom is 0.270 e. The molecule has 1 heterocycles. The zero-order valence-electron chi connectivity index (χ0n) is 15.2. The van der Waals surface area contributed by atoms with Gasteiger partial charge in [0, 0.05) is 10.0 Å². The molecule has 2 aromatic carbocycles. The summed E-state index contributed by atoms with van der Waals surface area (Å²) in [6, 6.07) is 14.9. The SMILES string of the molecule is COc1cccc(COc2ccc(Br)cc2-c2nc(SC)[nH]c(=O)c2C#N)c1. The second-order valence-corrected chi connectivity index (χ2v) is 7.40. The molecule has 0 aliphatic rings. The highest BCUT2D eigenvalue weighted by atomic mass is 79.9. The lowest BCUT2D eigenvalue weighted by molar-refractivity contribution is 0.306. The predicted molar refractivity (Wildman–Crippen MR) is 112 cm³/mol. The Balaban J connectivity index is 2.04. The lowest BCUT2D eigenvalue weighted by Crippen LogP contribution is -2.15. The number of aromatic nitrogens is 2. The average Bonchev–Trinajstić information content (AvgIpc) is 2.72. The second kappa shape index (κ2) is 8.95. The van der Waals surface area contributed by atoms with Gasteiger partial charge in [-0.2, -0.15) is 5.26 Å². The van der Waals surface area contributed by atoms with Crippen molar-refractivity contribution in [3.8, 4) is 28.8 Å². The van der Waals surface area contributed by atoms with Crippen molar-refractivity contribution in [2.75, 3.05) is 13.4 Å². The number of halogens is 1. The molecule has 3 rings (SSSR count). The first-order chi connectivity index (χ1) is 13.5. The van der Waals surface area contributed by atoms with E-state index in [0.717, 1.165) is 15.8 Å². The van der Waals surface area contributed by atoms with Crippen molar-refractivity contribution in [1.29, 1.82) is 5.26 Å². The Morgan fingerprint density at radius 2 is 2.11 bits per heavy atom. The number of rotatable bonds is 6. The van der Waals surface area contributed by atoms with E-state index in [-0.39, 0.29) is 11.3 Å². The molecular weight excluding hydrogens is 442 g/mol.